The third-order valence-electron chi connectivity index (χ3n) is 2.14. The Hall–Kier alpha value is -1.48. The molecule has 112 valence electrons. The lowest BCUT2D eigenvalue weighted by Crippen LogP contribution is -2.19. The van der Waals surface area contributed by atoms with Gasteiger partial charge < -0.3 is 5.32 Å². The Kier molecular flexibility index (Phi) is 16.2. The van der Waals surface area contributed by atoms with Crippen LogP contribution >= 0.6 is 11.8 Å². The molecule has 0 aromatic heterocycles. The van der Waals surface area contributed by atoms with Crippen LogP contribution in [-0.2, 0) is 4.79 Å². The molecule has 0 aliphatic heterocycles. The fourth-order valence-electron chi connectivity index (χ4n) is 1.27. The molecule has 0 saturated carbocycles. The maximum absolute atomic E-state index is 11.5. The van der Waals surface area contributed by atoms with Gasteiger partial charge in [-0.25, -0.2) is 0 Å². The van der Waals surface area contributed by atoms with Gasteiger partial charge in [-0.15, -0.1) is 0 Å². The SMILES string of the molecule is C=CSC(=C)NC(=O)CCC/C(C=C)=C/C=C\C.CC. The van der Waals surface area contributed by atoms with E-state index in [0.717, 1.165) is 18.4 Å². The van der Waals surface area contributed by atoms with Gasteiger partial charge in [-0.3, -0.25) is 4.79 Å². The molecule has 0 unspecified atom stereocenters. The Morgan fingerprint density at radius 2 is 1.90 bits per heavy atom. The summed E-state index contributed by atoms with van der Waals surface area (Å²) in [5.41, 5.74) is 1.14. The zero-order valence-electron chi connectivity index (χ0n) is 12.9. The largest absolute Gasteiger partial charge is 0.321 e. The van der Waals surface area contributed by atoms with E-state index in [4.69, 9.17) is 0 Å². The second kappa shape index (κ2) is 15.6. The van der Waals surface area contributed by atoms with Crippen LogP contribution in [0, 0.1) is 0 Å². The monoisotopic (exact) mass is 293 g/mol. The highest BCUT2D eigenvalue weighted by Gasteiger charge is 2.02. The molecule has 0 rings (SSSR count). The first-order chi connectivity index (χ1) is 9.63. The van der Waals surface area contributed by atoms with Crippen molar-refractivity contribution in [3.63, 3.8) is 0 Å². The number of nitrogens with one attached hydrogen (secondary N) is 1. The summed E-state index contributed by atoms with van der Waals surface area (Å²) in [7, 11) is 0. The second-order valence-corrected chi connectivity index (χ2v) is 4.64. The van der Waals surface area contributed by atoms with E-state index >= 15 is 0 Å². The maximum atomic E-state index is 11.5. The molecule has 0 radical (unpaired) electrons. The van der Waals surface area contributed by atoms with Crippen molar-refractivity contribution in [2.75, 3.05) is 0 Å². The minimum atomic E-state index is -0.0104. The minimum absolute atomic E-state index is 0.0104. The lowest BCUT2D eigenvalue weighted by Gasteiger charge is -2.05. The number of amides is 1. The number of thioether (sulfide) groups is 1. The lowest BCUT2D eigenvalue weighted by molar-refractivity contribution is -0.120. The van der Waals surface area contributed by atoms with Gasteiger partial charge in [0.05, 0.1) is 5.03 Å². The highest BCUT2D eigenvalue weighted by Crippen LogP contribution is 2.12. The molecule has 0 aliphatic carbocycles. The van der Waals surface area contributed by atoms with Crippen molar-refractivity contribution in [3.8, 4) is 0 Å². The van der Waals surface area contributed by atoms with Crippen LogP contribution in [0.2, 0.25) is 0 Å². The molecule has 0 heterocycles. The van der Waals surface area contributed by atoms with Crippen molar-refractivity contribution < 1.29 is 4.79 Å². The normalized spacial score (nSPS) is 10.4. The first-order valence-electron chi connectivity index (χ1n) is 6.84. The van der Waals surface area contributed by atoms with Gasteiger partial charge >= 0.3 is 0 Å². The van der Waals surface area contributed by atoms with Crippen molar-refractivity contribution >= 4 is 17.7 Å². The molecule has 1 N–H and O–H groups in total. The van der Waals surface area contributed by atoms with Gasteiger partial charge in [0.25, 0.3) is 0 Å². The van der Waals surface area contributed by atoms with Crippen LogP contribution in [0.25, 0.3) is 0 Å². The molecule has 0 fully saturated rings. The van der Waals surface area contributed by atoms with Gasteiger partial charge in [0.15, 0.2) is 0 Å². The lowest BCUT2D eigenvalue weighted by atomic mass is 10.1. The first-order valence-corrected chi connectivity index (χ1v) is 7.72. The van der Waals surface area contributed by atoms with Gasteiger partial charge in [-0.1, -0.05) is 69.7 Å². The molecule has 20 heavy (non-hydrogen) atoms. The molecule has 0 aromatic rings. The smallest absolute Gasteiger partial charge is 0.224 e. The molecular formula is C17H27NOS. The van der Waals surface area contributed by atoms with Crippen LogP contribution in [0.4, 0.5) is 0 Å². The third-order valence-corrected chi connectivity index (χ3v) is 2.69. The molecule has 0 saturated heterocycles. The van der Waals surface area contributed by atoms with Crippen LogP contribution in [0.5, 0.6) is 0 Å². The minimum Gasteiger partial charge on any atom is -0.321 e. The predicted octanol–water partition coefficient (Wildman–Crippen LogP) is 5.34. The van der Waals surface area contributed by atoms with E-state index in [-0.39, 0.29) is 5.91 Å². The number of allylic oxidation sites excluding steroid dienone is 5. The Labute approximate surface area is 128 Å². The van der Waals surface area contributed by atoms with E-state index in [2.05, 4.69) is 25.1 Å². The average molecular weight is 293 g/mol. The number of carbonyl (C=O) groups excluding carboxylic acids is 1. The molecule has 0 spiro atoms. The molecule has 1 amide bonds. The van der Waals surface area contributed by atoms with Gasteiger partial charge in [0.2, 0.25) is 5.91 Å². The Bertz CT molecular complexity index is 367. The number of hydrogen-bond donors (Lipinski definition) is 1. The average Bonchev–Trinajstić information content (AvgIpc) is 2.45. The highest BCUT2D eigenvalue weighted by atomic mass is 32.2. The second-order valence-electron chi connectivity index (χ2n) is 3.58. The van der Waals surface area contributed by atoms with E-state index in [9.17, 15) is 4.79 Å². The van der Waals surface area contributed by atoms with Gasteiger partial charge in [-0.2, -0.15) is 0 Å². The molecule has 0 aliphatic rings. The van der Waals surface area contributed by atoms with E-state index in [0.29, 0.717) is 11.4 Å². The summed E-state index contributed by atoms with van der Waals surface area (Å²) >= 11 is 1.32. The highest BCUT2D eigenvalue weighted by molar-refractivity contribution is 8.05. The summed E-state index contributed by atoms with van der Waals surface area (Å²) in [5.74, 6) is -0.0104. The van der Waals surface area contributed by atoms with Gasteiger partial charge in [0, 0.05) is 6.42 Å². The maximum Gasteiger partial charge on any atom is 0.224 e. The predicted molar refractivity (Wildman–Crippen MR) is 93.4 cm³/mol. The summed E-state index contributed by atoms with van der Waals surface area (Å²) in [4.78, 5) is 11.5. The summed E-state index contributed by atoms with van der Waals surface area (Å²) < 4.78 is 0. The van der Waals surface area contributed by atoms with Gasteiger partial charge in [0.1, 0.15) is 0 Å². The van der Waals surface area contributed by atoms with Crippen LogP contribution < -0.4 is 5.32 Å². The van der Waals surface area contributed by atoms with Gasteiger partial charge in [-0.05, 0) is 30.7 Å². The van der Waals surface area contributed by atoms with Crippen molar-refractivity contribution in [2.45, 2.75) is 40.0 Å². The zero-order chi connectivity index (χ0) is 15.8. The summed E-state index contributed by atoms with van der Waals surface area (Å²) in [6.07, 6.45) is 9.90. The van der Waals surface area contributed by atoms with Crippen molar-refractivity contribution in [1.82, 2.24) is 5.32 Å². The van der Waals surface area contributed by atoms with Crippen LogP contribution in [0.1, 0.15) is 40.0 Å². The fraction of sp³-hybridized carbons (Fsp3) is 0.353. The quantitative estimate of drug-likeness (QED) is 0.582. The number of hydrogen-bond acceptors (Lipinski definition) is 2. The summed E-state index contributed by atoms with van der Waals surface area (Å²) in [5, 5.41) is 4.97. The van der Waals surface area contributed by atoms with E-state index in [1.165, 1.54) is 11.8 Å². The molecular weight excluding hydrogens is 266 g/mol. The van der Waals surface area contributed by atoms with Crippen LogP contribution in [-0.4, -0.2) is 5.91 Å². The van der Waals surface area contributed by atoms with Crippen LogP contribution in [0.15, 0.2) is 60.1 Å². The van der Waals surface area contributed by atoms with Crippen LogP contribution in [0.3, 0.4) is 0 Å². The first kappa shape index (κ1) is 20.8. The number of carbonyl (C=O) groups is 1. The molecule has 0 atom stereocenters. The standard InChI is InChI=1S/C15H21NOS.C2H6/c1-5-8-10-14(6-2)11-9-12-15(17)16-13(4)18-7-3;1-2/h5-8,10H,2-4,9,11-12H2,1H3,(H,16,17);1-2H3/b8-5-,14-10+;. The fourth-order valence-corrected chi connectivity index (χ4v) is 1.65. The van der Waals surface area contributed by atoms with E-state index in [1.807, 2.05) is 45.1 Å². The summed E-state index contributed by atoms with van der Waals surface area (Å²) in [6.45, 7) is 17.0. The van der Waals surface area contributed by atoms with E-state index < -0.39 is 0 Å². The Morgan fingerprint density at radius 3 is 2.40 bits per heavy atom. The van der Waals surface area contributed by atoms with Crippen molar-refractivity contribution in [3.05, 3.63) is 60.1 Å². The van der Waals surface area contributed by atoms with Crippen molar-refractivity contribution in [1.29, 1.82) is 0 Å². The molecule has 0 bridgehead atoms. The zero-order valence-corrected chi connectivity index (χ0v) is 13.8. The summed E-state index contributed by atoms with van der Waals surface area (Å²) in [6, 6.07) is 0. The Morgan fingerprint density at radius 1 is 1.25 bits per heavy atom. The Balaban J connectivity index is 0. The van der Waals surface area contributed by atoms with Crippen molar-refractivity contribution in [2.24, 2.45) is 0 Å². The molecule has 0 aromatic carbocycles. The topological polar surface area (TPSA) is 29.1 Å². The molecule has 2 nitrogen and oxygen atoms in total. The number of rotatable bonds is 9. The molecule has 3 heteroatoms. The van der Waals surface area contributed by atoms with E-state index in [1.54, 1.807) is 5.41 Å². The third kappa shape index (κ3) is 13.0.